The van der Waals surface area contributed by atoms with Gasteiger partial charge in [0.25, 0.3) is 0 Å². The van der Waals surface area contributed by atoms with E-state index in [-0.39, 0.29) is 0 Å². The number of rotatable bonds is 66. The van der Waals surface area contributed by atoms with E-state index in [0.29, 0.717) is 0 Å². The summed E-state index contributed by atoms with van der Waals surface area (Å²) >= 11 is 36.6. The number of halogens is 6. The smallest absolute Gasteiger partial charge is 0.0223 e. The monoisotopic (exact) mass is 1650 g/mol. The number of hydrogen-bond donors (Lipinski definition) is 0. The number of alkyl halides is 6. The van der Waals surface area contributed by atoms with E-state index >= 15 is 0 Å². The Balaban J connectivity index is 1.01. The Bertz CT molecular complexity index is 3900. The second-order valence-corrected chi connectivity index (χ2v) is 38.6. The highest BCUT2D eigenvalue weighted by molar-refractivity contribution is 6.61. The lowest BCUT2D eigenvalue weighted by Gasteiger charge is -2.30. The van der Waals surface area contributed by atoms with Crippen molar-refractivity contribution in [2.45, 2.75) is 385 Å². The van der Waals surface area contributed by atoms with Crippen LogP contribution in [-0.2, 0) is 38.5 Å². The van der Waals surface area contributed by atoms with Crippen LogP contribution in [0.2, 0.25) is 0 Å². The normalized spacial score (nSPS) is 12.7. The Morgan fingerprint density at radius 2 is 0.193 bits per heavy atom. The van der Waals surface area contributed by atoms with Crippen LogP contribution in [0.3, 0.4) is 0 Å². The highest BCUT2D eigenvalue weighted by Gasteiger charge is 2.33. The molecule has 0 saturated carbocycles. The first-order valence-corrected chi connectivity index (χ1v) is 51.4. The predicted octanol–water partition coefficient (Wildman–Crippen LogP) is 37.9. The Hall–Kier alpha value is -3.72. The van der Waals surface area contributed by atoms with Crippen molar-refractivity contribution in [2.24, 2.45) is 0 Å². The lowest BCUT2D eigenvalue weighted by Crippen LogP contribution is -2.03. The van der Waals surface area contributed by atoms with Crippen LogP contribution in [-0.4, -0.2) is 35.3 Å². The number of unbranched alkanes of at least 4 members (excludes halogenated alkanes) is 48. The van der Waals surface area contributed by atoms with Crippen LogP contribution >= 0.6 is 69.6 Å². The highest BCUT2D eigenvalue weighted by atomic mass is 35.5. The Kier molecular flexibility index (Phi) is 36.7. The zero-order valence-electron chi connectivity index (χ0n) is 70.9. The number of benzene rings is 13. The van der Waals surface area contributed by atoms with Gasteiger partial charge in [-0.25, -0.2) is 0 Å². The molecule has 618 valence electrons. The maximum Gasteiger partial charge on any atom is 0.0223 e. The summed E-state index contributed by atoms with van der Waals surface area (Å²) in [4.78, 5) is 0. The molecule has 0 atom stereocenters. The van der Waals surface area contributed by atoms with Gasteiger partial charge < -0.3 is 0 Å². The molecule has 0 spiro atoms. The predicted molar refractivity (Wildman–Crippen MR) is 519 cm³/mol. The average Bonchev–Trinajstić information content (AvgIpc) is 0.642. The van der Waals surface area contributed by atoms with Crippen molar-refractivity contribution in [3.05, 3.63) is 106 Å². The second-order valence-electron chi connectivity index (χ2n) is 36.4. The summed E-state index contributed by atoms with van der Waals surface area (Å²) < 4.78 is 0. The van der Waals surface area contributed by atoms with E-state index in [2.05, 4.69) is 72.8 Å². The zero-order valence-corrected chi connectivity index (χ0v) is 75.4. The summed E-state index contributed by atoms with van der Waals surface area (Å²) in [5, 5.41) is 37.0. The summed E-state index contributed by atoms with van der Waals surface area (Å²) in [5.41, 5.74) is 9.26. The Morgan fingerprint density at radius 1 is 0.105 bits per heavy atom. The standard InChI is InChI=1S/C108H144Cl6/c109-61-49-37-25-13-1-7-19-31-43-55-79-67-85-87-69-80(56-44-32-20-8-2-14-26-38-50-62-110)71-89-91-73-82(58-46-34-22-10-4-16-28-40-52-64-112)75-93-95-77-84(60-48-36-24-12-6-18-30-42-54-66-114)78-96-94-76-83(59-47-35-23-11-5-17-29-41-53-65-113)74-92-90-72-81(57-45-33-21-9-3-15-27-39-51-63-111)70-88-86(68-79)97(85)103-104(98(87)89)106(100(91)93)108(102(95)96)107(101(92)94)105(103)99(88)90/h67-78H,1-66H2. The van der Waals surface area contributed by atoms with Crippen molar-refractivity contribution in [1.29, 1.82) is 0 Å². The first-order chi connectivity index (χ1) is 56.5. The minimum Gasteiger partial charge on any atom is -0.127 e. The molecule has 0 bridgehead atoms. The van der Waals surface area contributed by atoms with Crippen molar-refractivity contribution < 1.29 is 0 Å². The second kappa shape index (κ2) is 47.5. The van der Waals surface area contributed by atoms with Crippen molar-refractivity contribution in [3.63, 3.8) is 0 Å². The molecule has 0 fully saturated rings. The van der Waals surface area contributed by atoms with E-state index in [1.54, 1.807) is 98.0 Å². The third-order valence-electron chi connectivity index (χ3n) is 27.5. The van der Waals surface area contributed by atoms with Gasteiger partial charge in [0.1, 0.15) is 0 Å². The molecule has 13 aromatic rings. The third-order valence-corrected chi connectivity index (χ3v) is 29.1. The van der Waals surface area contributed by atoms with Gasteiger partial charge in [0.2, 0.25) is 0 Å². The van der Waals surface area contributed by atoms with Gasteiger partial charge in [-0.3, -0.25) is 0 Å². The lowest BCUT2D eigenvalue weighted by molar-refractivity contribution is 0.565. The number of aryl methyl sites for hydroxylation is 6. The quantitative estimate of drug-likeness (QED) is 0.0154. The number of fused-ring (bicyclic) bond motifs is 6. The van der Waals surface area contributed by atoms with Gasteiger partial charge in [0.05, 0.1) is 0 Å². The minimum absolute atomic E-state index is 0.797. The van der Waals surface area contributed by atoms with Crippen LogP contribution in [0.15, 0.2) is 72.8 Å². The van der Waals surface area contributed by atoms with Gasteiger partial charge in [0.15, 0.2) is 0 Å². The summed E-state index contributed by atoms with van der Waals surface area (Å²) in [5.74, 6) is 4.78. The van der Waals surface area contributed by atoms with Gasteiger partial charge >= 0.3 is 0 Å². The van der Waals surface area contributed by atoms with Crippen molar-refractivity contribution >= 4 is 199 Å². The molecule has 0 heterocycles. The zero-order chi connectivity index (χ0) is 78.5. The highest BCUT2D eigenvalue weighted by Crippen LogP contribution is 2.61. The molecule has 0 saturated heterocycles. The molecule has 0 aliphatic carbocycles. The van der Waals surface area contributed by atoms with Crippen LogP contribution in [0.4, 0.5) is 0 Å². The van der Waals surface area contributed by atoms with E-state index in [9.17, 15) is 0 Å². The molecule has 13 rings (SSSR count). The Morgan fingerprint density at radius 3 is 0.289 bits per heavy atom. The minimum atomic E-state index is 0.797. The lowest BCUT2D eigenvalue weighted by atomic mass is 9.72. The van der Waals surface area contributed by atoms with E-state index in [1.807, 2.05) is 0 Å². The van der Waals surface area contributed by atoms with E-state index < -0.39 is 0 Å². The molecule has 0 radical (unpaired) electrons. The maximum atomic E-state index is 6.10. The molecule has 0 aromatic heterocycles. The largest absolute Gasteiger partial charge is 0.127 e. The summed E-state index contributed by atoms with van der Waals surface area (Å²) in [7, 11) is 0. The molecular weight excluding hydrogens is 1510 g/mol. The Labute approximate surface area is 719 Å². The molecule has 0 amide bonds. The fourth-order valence-corrected chi connectivity index (χ4v) is 22.6. The van der Waals surface area contributed by atoms with Gasteiger partial charge in [0, 0.05) is 35.3 Å². The van der Waals surface area contributed by atoms with Gasteiger partial charge in [-0.2, -0.15) is 0 Å². The number of hydrogen-bond acceptors (Lipinski definition) is 0. The van der Waals surface area contributed by atoms with Crippen LogP contribution in [0, 0.1) is 0 Å². The molecule has 13 aromatic carbocycles. The van der Waals surface area contributed by atoms with Crippen LogP contribution in [0.1, 0.15) is 380 Å². The van der Waals surface area contributed by atoms with Crippen LogP contribution < -0.4 is 0 Å². The van der Waals surface area contributed by atoms with Crippen molar-refractivity contribution in [2.75, 3.05) is 35.3 Å². The first-order valence-electron chi connectivity index (χ1n) is 48.2. The fourth-order valence-electron chi connectivity index (χ4n) is 21.5. The van der Waals surface area contributed by atoms with Gasteiger partial charge in [-0.05, 0) is 278 Å². The summed E-state index contributed by atoms with van der Waals surface area (Å²) in [6, 6.07) is 33.4. The molecule has 0 N–H and O–H groups in total. The topological polar surface area (TPSA) is 0 Å². The van der Waals surface area contributed by atoms with Crippen LogP contribution in [0.5, 0.6) is 0 Å². The molecule has 6 heteroatoms. The average molecular weight is 1660 g/mol. The van der Waals surface area contributed by atoms with E-state index in [1.165, 1.54) is 373 Å². The van der Waals surface area contributed by atoms with Gasteiger partial charge in [-0.1, -0.05) is 342 Å². The van der Waals surface area contributed by atoms with E-state index in [4.69, 9.17) is 69.6 Å². The molecule has 114 heavy (non-hydrogen) atoms. The fraction of sp³-hybridized carbons (Fsp3) is 0.611. The summed E-state index contributed by atoms with van der Waals surface area (Å²) in [6.07, 6.45) is 76.6. The maximum absolute atomic E-state index is 6.10. The van der Waals surface area contributed by atoms with Gasteiger partial charge in [-0.15, -0.1) is 69.6 Å². The van der Waals surface area contributed by atoms with Crippen molar-refractivity contribution in [3.8, 4) is 0 Å². The molecular formula is C108H144Cl6. The SMILES string of the molecule is ClCCCCCCCCCCCc1cc2c3cc(CCCCCCCCCCCCl)cc4c5cc(CCCCCCCCCCCCl)cc6c7cc(CCCCCCCCCCCCl)cc8c9cc(CCCCCCCCCCCCl)cc%10c%11cc(CCCCCCCCCCCCl)cc%12c(c1)c2c1c(c34)c(c56)c(c78)c(c%109)c1c%12%11. The summed E-state index contributed by atoms with van der Waals surface area (Å²) in [6.45, 7) is 0. The van der Waals surface area contributed by atoms with Crippen LogP contribution in [0.25, 0.3) is 129 Å². The van der Waals surface area contributed by atoms with Crippen molar-refractivity contribution in [1.82, 2.24) is 0 Å². The first kappa shape index (κ1) is 88.1. The molecule has 0 aliphatic rings. The molecule has 0 aliphatic heterocycles. The molecule has 0 unspecified atom stereocenters. The molecule has 0 nitrogen and oxygen atoms in total. The van der Waals surface area contributed by atoms with E-state index in [0.717, 1.165) is 112 Å². The third kappa shape index (κ3) is 22.3.